The lowest BCUT2D eigenvalue weighted by Crippen LogP contribution is -2.27. The lowest BCUT2D eigenvalue weighted by molar-refractivity contribution is -0.133. The molecule has 92 valence electrons. The Kier molecular flexibility index (Phi) is 5.41. The van der Waals surface area contributed by atoms with E-state index < -0.39 is 5.97 Å². The zero-order chi connectivity index (χ0) is 12.7. The van der Waals surface area contributed by atoms with Gasteiger partial charge in [-0.2, -0.15) is 0 Å². The van der Waals surface area contributed by atoms with E-state index in [0.717, 1.165) is 0 Å². The van der Waals surface area contributed by atoms with Gasteiger partial charge >= 0.3 is 5.97 Å². The van der Waals surface area contributed by atoms with Crippen LogP contribution < -0.4 is 5.32 Å². The van der Waals surface area contributed by atoms with Crippen molar-refractivity contribution in [3.8, 4) is 0 Å². The molecule has 0 aliphatic carbocycles. The van der Waals surface area contributed by atoms with Crippen molar-refractivity contribution in [1.82, 2.24) is 15.3 Å². The van der Waals surface area contributed by atoms with Gasteiger partial charge in [0.05, 0.1) is 17.0 Å². The number of nitrogens with zero attached hydrogens (tertiary/aromatic N) is 2. The molecule has 0 aliphatic heterocycles. The Morgan fingerprint density at radius 2 is 2.29 bits per heavy atom. The Hall–Kier alpha value is -1.63. The third kappa shape index (κ3) is 4.81. The Labute approximate surface area is 103 Å². The molecule has 0 bridgehead atoms. The molecule has 2 N–H and O–H groups in total. The van der Waals surface area contributed by atoms with Gasteiger partial charge in [-0.25, -0.2) is 9.97 Å². The van der Waals surface area contributed by atoms with Crippen molar-refractivity contribution in [3.05, 3.63) is 23.8 Å². The highest BCUT2D eigenvalue weighted by Crippen LogP contribution is 2.02. The standard InChI is InChI=1S/C10H13N3O3S/c1-7-8(4-11-6-13-7)10(16)12-2-3-17-5-9(14)15/h4,6H,2-3,5H2,1H3,(H,12,16)(H,14,15). The first-order chi connectivity index (χ1) is 8.11. The summed E-state index contributed by atoms with van der Waals surface area (Å²) in [5.41, 5.74) is 1.06. The van der Waals surface area contributed by atoms with Crippen LogP contribution in [0.2, 0.25) is 0 Å². The van der Waals surface area contributed by atoms with Crippen LogP contribution in [0.1, 0.15) is 16.1 Å². The van der Waals surface area contributed by atoms with Gasteiger partial charge in [-0.1, -0.05) is 0 Å². The molecule has 0 saturated carbocycles. The molecule has 0 radical (unpaired) electrons. The van der Waals surface area contributed by atoms with Crippen LogP contribution in [0.5, 0.6) is 0 Å². The summed E-state index contributed by atoms with van der Waals surface area (Å²) < 4.78 is 0. The van der Waals surface area contributed by atoms with Crippen molar-refractivity contribution >= 4 is 23.6 Å². The molecule has 17 heavy (non-hydrogen) atoms. The van der Waals surface area contributed by atoms with Crippen LogP contribution in [-0.2, 0) is 4.79 Å². The molecular formula is C10H13N3O3S. The van der Waals surface area contributed by atoms with Crippen LogP contribution in [0.25, 0.3) is 0 Å². The van der Waals surface area contributed by atoms with Crippen LogP contribution in [0, 0.1) is 6.92 Å². The number of aryl methyl sites for hydroxylation is 1. The number of carbonyl (C=O) groups excluding carboxylic acids is 1. The van der Waals surface area contributed by atoms with Crippen LogP contribution in [0.15, 0.2) is 12.5 Å². The molecule has 6 nitrogen and oxygen atoms in total. The van der Waals surface area contributed by atoms with E-state index in [1.807, 2.05) is 0 Å². The van der Waals surface area contributed by atoms with Gasteiger partial charge in [0.2, 0.25) is 0 Å². The summed E-state index contributed by atoms with van der Waals surface area (Å²) in [7, 11) is 0. The number of carboxylic acids is 1. The van der Waals surface area contributed by atoms with E-state index in [2.05, 4.69) is 15.3 Å². The number of carboxylic acid groups (broad SMARTS) is 1. The largest absolute Gasteiger partial charge is 0.481 e. The van der Waals surface area contributed by atoms with Gasteiger partial charge in [-0.05, 0) is 6.92 Å². The zero-order valence-electron chi connectivity index (χ0n) is 9.34. The van der Waals surface area contributed by atoms with E-state index in [1.165, 1.54) is 24.3 Å². The number of amides is 1. The van der Waals surface area contributed by atoms with Crippen molar-refractivity contribution in [3.63, 3.8) is 0 Å². The Bertz CT molecular complexity index is 412. The monoisotopic (exact) mass is 255 g/mol. The number of hydrogen-bond acceptors (Lipinski definition) is 5. The summed E-state index contributed by atoms with van der Waals surface area (Å²) in [5.74, 6) is -0.485. The molecule has 0 atom stereocenters. The van der Waals surface area contributed by atoms with Crippen LogP contribution >= 0.6 is 11.8 Å². The number of hydrogen-bond donors (Lipinski definition) is 2. The second-order valence-electron chi connectivity index (χ2n) is 3.22. The van der Waals surface area contributed by atoms with Crippen molar-refractivity contribution in [2.24, 2.45) is 0 Å². The first-order valence-corrected chi connectivity index (χ1v) is 6.11. The molecule has 0 fully saturated rings. The average molecular weight is 255 g/mol. The summed E-state index contributed by atoms with van der Waals surface area (Å²) in [6, 6.07) is 0. The quantitative estimate of drug-likeness (QED) is 0.712. The van der Waals surface area contributed by atoms with Crippen molar-refractivity contribution < 1.29 is 14.7 Å². The molecule has 0 aromatic carbocycles. The van der Waals surface area contributed by atoms with Gasteiger partial charge in [0, 0.05) is 18.5 Å². The minimum atomic E-state index is -0.853. The molecule has 0 unspecified atom stereocenters. The number of thioether (sulfide) groups is 1. The maximum absolute atomic E-state index is 11.6. The van der Waals surface area contributed by atoms with E-state index >= 15 is 0 Å². The topological polar surface area (TPSA) is 92.2 Å². The van der Waals surface area contributed by atoms with E-state index in [0.29, 0.717) is 23.6 Å². The maximum Gasteiger partial charge on any atom is 0.313 e. The summed E-state index contributed by atoms with van der Waals surface area (Å²) >= 11 is 1.26. The number of aliphatic carboxylic acids is 1. The van der Waals surface area contributed by atoms with Gasteiger partial charge in [0.25, 0.3) is 5.91 Å². The first kappa shape index (κ1) is 13.4. The molecule has 1 rings (SSSR count). The van der Waals surface area contributed by atoms with Gasteiger partial charge in [0.15, 0.2) is 0 Å². The van der Waals surface area contributed by atoms with Gasteiger partial charge in [-0.3, -0.25) is 9.59 Å². The first-order valence-electron chi connectivity index (χ1n) is 4.95. The molecule has 0 aliphatic rings. The van der Waals surface area contributed by atoms with Crippen LogP contribution in [-0.4, -0.2) is 45.0 Å². The van der Waals surface area contributed by atoms with E-state index in [4.69, 9.17) is 5.11 Å². The number of nitrogens with one attached hydrogen (secondary N) is 1. The summed E-state index contributed by atoms with van der Waals surface area (Å²) in [5, 5.41) is 11.1. The van der Waals surface area contributed by atoms with Gasteiger partial charge in [-0.15, -0.1) is 11.8 Å². The number of aromatic nitrogens is 2. The number of carbonyl (C=O) groups is 2. The Balaban J connectivity index is 2.31. The van der Waals surface area contributed by atoms with Crippen LogP contribution in [0.4, 0.5) is 0 Å². The molecule has 0 saturated heterocycles. The SMILES string of the molecule is Cc1ncncc1C(=O)NCCSCC(=O)O. The van der Waals surface area contributed by atoms with E-state index in [1.54, 1.807) is 6.92 Å². The molecular weight excluding hydrogens is 242 g/mol. The predicted octanol–water partition coefficient (Wildman–Crippen LogP) is 0.333. The molecule has 1 heterocycles. The zero-order valence-corrected chi connectivity index (χ0v) is 10.2. The Morgan fingerprint density at radius 1 is 1.53 bits per heavy atom. The predicted molar refractivity (Wildman–Crippen MR) is 64.1 cm³/mol. The second kappa shape index (κ2) is 6.85. The highest BCUT2D eigenvalue weighted by molar-refractivity contribution is 7.99. The van der Waals surface area contributed by atoms with Crippen molar-refractivity contribution in [2.75, 3.05) is 18.1 Å². The minimum absolute atomic E-state index is 0.0450. The third-order valence-corrected chi connectivity index (χ3v) is 2.86. The fourth-order valence-corrected chi connectivity index (χ4v) is 1.67. The average Bonchev–Trinajstić information content (AvgIpc) is 2.28. The summed E-state index contributed by atoms with van der Waals surface area (Å²) in [4.78, 5) is 29.6. The molecule has 1 aromatic heterocycles. The smallest absolute Gasteiger partial charge is 0.313 e. The third-order valence-electron chi connectivity index (χ3n) is 1.91. The molecule has 1 aromatic rings. The van der Waals surface area contributed by atoms with E-state index in [9.17, 15) is 9.59 Å². The Morgan fingerprint density at radius 3 is 2.94 bits per heavy atom. The highest BCUT2D eigenvalue weighted by Gasteiger charge is 2.08. The second-order valence-corrected chi connectivity index (χ2v) is 4.33. The van der Waals surface area contributed by atoms with Crippen molar-refractivity contribution in [2.45, 2.75) is 6.92 Å². The minimum Gasteiger partial charge on any atom is -0.481 e. The highest BCUT2D eigenvalue weighted by atomic mass is 32.2. The van der Waals surface area contributed by atoms with Crippen molar-refractivity contribution in [1.29, 1.82) is 0 Å². The van der Waals surface area contributed by atoms with Gasteiger partial charge in [0.1, 0.15) is 6.33 Å². The van der Waals surface area contributed by atoms with E-state index in [-0.39, 0.29) is 11.7 Å². The summed E-state index contributed by atoms with van der Waals surface area (Å²) in [6.07, 6.45) is 2.84. The van der Waals surface area contributed by atoms with Gasteiger partial charge < -0.3 is 10.4 Å². The number of rotatable bonds is 6. The molecule has 7 heteroatoms. The fourth-order valence-electron chi connectivity index (χ4n) is 1.11. The maximum atomic E-state index is 11.6. The fraction of sp³-hybridized carbons (Fsp3) is 0.400. The normalized spacial score (nSPS) is 9.94. The lowest BCUT2D eigenvalue weighted by atomic mass is 10.2. The lowest BCUT2D eigenvalue weighted by Gasteiger charge is -2.05. The molecule has 1 amide bonds. The van der Waals surface area contributed by atoms with Crippen LogP contribution in [0.3, 0.4) is 0 Å². The summed E-state index contributed by atoms with van der Waals surface area (Å²) in [6.45, 7) is 2.15. The molecule has 0 spiro atoms.